The van der Waals surface area contributed by atoms with Gasteiger partial charge in [-0.05, 0) is 53.9 Å². The van der Waals surface area contributed by atoms with E-state index in [9.17, 15) is 14.7 Å². The molecule has 3 rings (SSSR count). The van der Waals surface area contributed by atoms with E-state index in [1.807, 2.05) is 24.3 Å². The van der Waals surface area contributed by atoms with Crippen LogP contribution in [0.4, 0.5) is 0 Å². The van der Waals surface area contributed by atoms with E-state index in [2.05, 4.69) is 39.5 Å². The van der Waals surface area contributed by atoms with Crippen molar-refractivity contribution in [2.75, 3.05) is 33.3 Å². The number of benzene rings is 2. The number of rotatable bonds is 8. The zero-order valence-electron chi connectivity index (χ0n) is 21.1. The molecule has 1 saturated heterocycles. The Morgan fingerprint density at radius 1 is 1.00 bits per heavy atom. The fourth-order valence-corrected chi connectivity index (χ4v) is 4.32. The number of carbonyl (C=O) groups is 2. The Kier molecular flexibility index (Phi) is 7.82. The largest absolute Gasteiger partial charge is 0.507 e. The second-order valence-electron chi connectivity index (χ2n) is 9.62. The zero-order valence-corrected chi connectivity index (χ0v) is 21.1. The summed E-state index contributed by atoms with van der Waals surface area (Å²) in [6.07, 6.45) is 0. The smallest absolute Gasteiger partial charge is 0.295 e. The number of amides is 1. The molecule has 0 unspecified atom stereocenters. The molecule has 6 nitrogen and oxygen atoms in total. The van der Waals surface area contributed by atoms with Gasteiger partial charge >= 0.3 is 0 Å². The van der Waals surface area contributed by atoms with E-state index >= 15 is 0 Å². The third-order valence-corrected chi connectivity index (χ3v) is 6.55. The van der Waals surface area contributed by atoms with Gasteiger partial charge in [0.25, 0.3) is 11.7 Å². The first-order valence-corrected chi connectivity index (χ1v) is 11.9. The number of Topliss-reactive ketones (excluding diaryl/α,β-unsaturated/α-hetero) is 1. The van der Waals surface area contributed by atoms with Gasteiger partial charge in [0.2, 0.25) is 0 Å². The van der Waals surface area contributed by atoms with Crippen LogP contribution < -0.4 is 4.74 Å². The molecule has 1 N–H and O–H groups in total. The number of likely N-dealkylation sites (N-methyl/N-ethyl adjacent to an activating group) is 1. The minimum absolute atomic E-state index is 0.0216. The summed E-state index contributed by atoms with van der Waals surface area (Å²) in [5.41, 5.74) is 2.54. The number of nitrogens with zero attached hydrogens (tertiary/aromatic N) is 2. The summed E-state index contributed by atoms with van der Waals surface area (Å²) in [5, 5.41) is 11.2. The van der Waals surface area contributed by atoms with Crippen LogP contribution >= 0.6 is 0 Å². The van der Waals surface area contributed by atoms with Gasteiger partial charge in [-0.25, -0.2) is 0 Å². The second kappa shape index (κ2) is 10.4. The number of ketones is 1. The monoisotopic (exact) mass is 464 g/mol. The van der Waals surface area contributed by atoms with Gasteiger partial charge in [0.05, 0.1) is 18.7 Å². The predicted octanol–water partition coefficient (Wildman–Crippen LogP) is 4.76. The molecule has 34 heavy (non-hydrogen) atoms. The van der Waals surface area contributed by atoms with Gasteiger partial charge in [0, 0.05) is 18.7 Å². The van der Waals surface area contributed by atoms with Gasteiger partial charge in [-0.3, -0.25) is 9.59 Å². The lowest BCUT2D eigenvalue weighted by Gasteiger charge is -2.28. The topological polar surface area (TPSA) is 70.1 Å². The molecule has 0 saturated carbocycles. The lowest BCUT2D eigenvalue weighted by Crippen LogP contribution is -2.38. The summed E-state index contributed by atoms with van der Waals surface area (Å²) in [7, 11) is 1.57. The number of carbonyl (C=O) groups excluding carboxylic acids is 2. The average Bonchev–Trinajstić information content (AvgIpc) is 3.08. The second-order valence-corrected chi connectivity index (χ2v) is 9.62. The van der Waals surface area contributed by atoms with Gasteiger partial charge in [0.15, 0.2) is 0 Å². The van der Waals surface area contributed by atoms with Crippen molar-refractivity contribution >= 4 is 17.4 Å². The molecule has 0 radical (unpaired) electrons. The van der Waals surface area contributed by atoms with E-state index in [0.717, 1.165) is 24.2 Å². The average molecular weight is 465 g/mol. The molecule has 1 heterocycles. The van der Waals surface area contributed by atoms with Crippen LogP contribution in [0.3, 0.4) is 0 Å². The van der Waals surface area contributed by atoms with Crippen LogP contribution in [0.25, 0.3) is 5.76 Å². The van der Waals surface area contributed by atoms with Crippen LogP contribution in [-0.2, 0) is 15.0 Å². The van der Waals surface area contributed by atoms with E-state index < -0.39 is 17.7 Å². The molecule has 1 fully saturated rings. The van der Waals surface area contributed by atoms with E-state index in [-0.39, 0.29) is 16.7 Å². The summed E-state index contributed by atoms with van der Waals surface area (Å²) in [4.78, 5) is 30.2. The van der Waals surface area contributed by atoms with Crippen molar-refractivity contribution in [2.24, 2.45) is 0 Å². The Bertz CT molecular complexity index is 1050. The number of aliphatic hydroxyl groups is 1. The standard InChI is InChI=1S/C28H36N2O4/c1-7-29(8-2)17-18-30-24(19-9-13-21(14-10-19)28(3,4)5)23(26(32)27(30)33)25(31)20-11-15-22(34-6)16-12-20/h9-16,24,31H,7-8,17-18H2,1-6H3/t24-/m1/s1. The normalized spacial score (nSPS) is 18.1. The Labute approximate surface area is 202 Å². The van der Waals surface area contributed by atoms with E-state index in [1.165, 1.54) is 0 Å². The summed E-state index contributed by atoms with van der Waals surface area (Å²) in [6.45, 7) is 13.3. The van der Waals surface area contributed by atoms with Gasteiger partial charge in [-0.1, -0.05) is 58.9 Å². The Morgan fingerprint density at radius 3 is 2.09 bits per heavy atom. The van der Waals surface area contributed by atoms with Crippen molar-refractivity contribution in [1.82, 2.24) is 9.80 Å². The molecule has 0 aromatic heterocycles. The number of methoxy groups -OCH3 is 1. The third-order valence-electron chi connectivity index (χ3n) is 6.55. The Balaban J connectivity index is 2.09. The quantitative estimate of drug-likeness (QED) is 0.347. The lowest BCUT2D eigenvalue weighted by atomic mass is 9.85. The number of hydrogen-bond donors (Lipinski definition) is 1. The maximum absolute atomic E-state index is 13.2. The van der Waals surface area contributed by atoms with Crippen molar-refractivity contribution in [3.05, 3.63) is 70.8 Å². The SMILES string of the molecule is CCN(CC)CCN1C(=O)C(=O)C(=C(O)c2ccc(OC)cc2)[C@H]1c1ccc(C(C)(C)C)cc1. The molecule has 0 spiro atoms. The molecule has 1 aliphatic rings. The van der Waals surface area contributed by atoms with Gasteiger partial charge in [0.1, 0.15) is 11.5 Å². The molecule has 1 atom stereocenters. The predicted molar refractivity (Wildman–Crippen MR) is 135 cm³/mol. The Morgan fingerprint density at radius 2 is 1.59 bits per heavy atom. The summed E-state index contributed by atoms with van der Waals surface area (Å²) in [5.74, 6) is -0.758. The fraction of sp³-hybridized carbons (Fsp3) is 0.429. The van der Waals surface area contributed by atoms with E-state index in [4.69, 9.17) is 4.74 Å². The number of hydrogen-bond acceptors (Lipinski definition) is 5. The maximum atomic E-state index is 13.2. The van der Waals surface area contributed by atoms with Crippen molar-refractivity contribution in [1.29, 1.82) is 0 Å². The number of ether oxygens (including phenoxy) is 1. The maximum Gasteiger partial charge on any atom is 0.295 e. The molecule has 2 aromatic rings. The van der Waals surface area contributed by atoms with Crippen LogP contribution in [-0.4, -0.2) is 59.9 Å². The minimum atomic E-state index is -0.655. The summed E-state index contributed by atoms with van der Waals surface area (Å²) in [6, 6.07) is 14.2. The highest BCUT2D eigenvalue weighted by molar-refractivity contribution is 6.46. The van der Waals surface area contributed by atoms with Crippen molar-refractivity contribution < 1.29 is 19.4 Å². The molecule has 182 valence electrons. The van der Waals surface area contributed by atoms with Crippen molar-refractivity contribution in [2.45, 2.75) is 46.1 Å². The molecule has 2 aromatic carbocycles. The van der Waals surface area contributed by atoms with E-state index in [0.29, 0.717) is 24.4 Å². The van der Waals surface area contributed by atoms with E-state index in [1.54, 1.807) is 36.3 Å². The Hall–Kier alpha value is -3.12. The third kappa shape index (κ3) is 5.17. The van der Waals surface area contributed by atoms with Crippen LogP contribution in [0, 0.1) is 0 Å². The van der Waals surface area contributed by atoms with Crippen LogP contribution in [0.15, 0.2) is 54.1 Å². The lowest BCUT2D eigenvalue weighted by molar-refractivity contribution is -0.140. The molecular formula is C28H36N2O4. The van der Waals surface area contributed by atoms with Crippen LogP contribution in [0.1, 0.15) is 57.4 Å². The highest BCUT2D eigenvalue weighted by Crippen LogP contribution is 2.40. The number of aliphatic hydroxyl groups excluding tert-OH is 1. The first-order chi connectivity index (χ1) is 16.1. The van der Waals surface area contributed by atoms with Crippen LogP contribution in [0.5, 0.6) is 5.75 Å². The highest BCUT2D eigenvalue weighted by atomic mass is 16.5. The molecule has 1 amide bonds. The molecule has 0 aliphatic carbocycles. The molecule has 0 bridgehead atoms. The van der Waals surface area contributed by atoms with Crippen molar-refractivity contribution in [3.8, 4) is 5.75 Å². The molecule has 1 aliphatic heterocycles. The summed E-state index contributed by atoms with van der Waals surface area (Å²) >= 11 is 0. The summed E-state index contributed by atoms with van der Waals surface area (Å²) < 4.78 is 5.20. The van der Waals surface area contributed by atoms with Crippen LogP contribution in [0.2, 0.25) is 0 Å². The first kappa shape index (κ1) is 25.5. The van der Waals surface area contributed by atoms with Gasteiger partial charge in [-0.2, -0.15) is 0 Å². The fourth-order valence-electron chi connectivity index (χ4n) is 4.32. The highest BCUT2D eigenvalue weighted by Gasteiger charge is 2.46. The first-order valence-electron chi connectivity index (χ1n) is 11.9. The van der Waals surface area contributed by atoms with Gasteiger partial charge < -0.3 is 19.6 Å². The molecular weight excluding hydrogens is 428 g/mol. The van der Waals surface area contributed by atoms with Crippen molar-refractivity contribution in [3.63, 3.8) is 0 Å². The van der Waals surface area contributed by atoms with Gasteiger partial charge in [-0.15, -0.1) is 0 Å². The minimum Gasteiger partial charge on any atom is -0.507 e. The molecule has 6 heteroatoms. The zero-order chi connectivity index (χ0) is 25.0. The number of likely N-dealkylation sites (tertiary alicyclic amines) is 1.